The van der Waals surface area contributed by atoms with E-state index in [2.05, 4.69) is 27.9 Å². The Morgan fingerprint density at radius 2 is 1.96 bits per heavy atom. The zero-order valence-electron chi connectivity index (χ0n) is 12.4. The zero-order chi connectivity index (χ0) is 17.3. The molecule has 0 aliphatic carbocycles. The van der Waals surface area contributed by atoms with Crippen LogP contribution in [0.2, 0.25) is 10.0 Å². The highest BCUT2D eigenvalue weighted by molar-refractivity contribution is 7.80. The van der Waals surface area contributed by atoms with Crippen molar-refractivity contribution >= 4 is 74.8 Å². The van der Waals surface area contributed by atoms with Crippen molar-refractivity contribution in [2.75, 3.05) is 0 Å². The lowest BCUT2D eigenvalue weighted by Gasteiger charge is -2.07. The summed E-state index contributed by atoms with van der Waals surface area (Å²) in [6, 6.07) is 8.42. The van der Waals surface area contributed by atoms with Crippen LogP contribution in [-0.2, 0) is 0 Å². The molecule has 1 amide bonds. The fourth-order valence-corrected chi connectivity index (χ4v) is 3.72. The van der Waals surface area contributed by atoms with Gasteiger partial charge in [0.05, 0.1) is 26.3 Å². The van der Waals surface area contributed by atoms with Crippen molar-refractivity contribution in [3.8, 4) is 0 Å². The van der Waals surface area contributed by atoms with Gasteiger partial charge in [-0.3, -0.25) is 4.79 Å². The number of carbonyl (C=O) groups excluding carboxylic acids is 1. The van der Waals surface area contributed by atoms with Crippen LogP contribution in [0.1, 0.15) is 17.3 Å². The van der Waals surface area contributed by atoms with Crippen molar-refractivity contribution in [2.24, 2.45) is 4.99 Å². The third kappa shape index (κ3) is 3.72. The molecule has 0 saturated carbocycles. The van der Waals surface area contributed by atoms with Crippen LogP contribution in [-0.4, -0.2) is 16.7 Å². The van der Waals surface area contributed by atoms with E-state index in [0.29, 0.717) is 32.0 Å². The Morgan fingerprint density at radius 3 is 2.67 bits per heavy atom. The number of rotatable bonds is 2. The maximum absolute atomic E-state index is 12.3. The Bertz CT molecular complexity index is 949. The highest BCUT2D eigenvalue weighted by Crippen LogP contribution is 2.32. The van der Waals surface area contributed by atoms with Gasteiger partial charge in [0.1, 0.15) is 5.84 Å². The first-order chi connectivity index (χ1) is 11.4. The number of hydrogen-bond donors (Lipinski definition) is 2. The van der Waals surface area contributed by atoms with Crippen molar-refractivity contribution in [3.63, 3.8) is 0 Å². The number of aromatic nitrogens is 1. The highest BCUT2D eigenvalue weighted by atomic mass is 35.5. The first kappa shape index (κ1) is 17.2. The number of thiol groups is 1. The van der Waals surface area contributed by atoms with E-state index in [-0.39, 0.29) is 5.91 Å². The topological polar surface area (TPSA) is 54.4 Å². The van der Waals surface area contributed by atoms with E-state index in [1.807, 2.05) is 12.1 Å². The third-order valence-corrected chi connectivity index (χ3v) is 4.83. The number of halogens is 2. The number of carbonyl (C=O) groups is 1. The summed E-state index contributed by atoms with van der Waals surface area (Å²) < 4.78 is 1.04. The first-order valence-electron chi connectivity index (χ1n) is 6.82. The van der Waals surface area contributed by atoms with Crippen molar-refractivity contribution in [3.05, 3.63) is 51.5 Å². The summed E-state index contributed by atoms with van der Waals surface area (Å²) in [6.07, 6.45) is 0. The van der Waals surface area contributed by atoms with Gasteiger partial charge < -0.3 is 5.32 Å². The standard InChI is InChI=1S/C16H11Cl2N3OS2/c1-8(21-16(22)9-4-10(17)6-11(18)5-9)20-12-2-3-13-14(15(12)23)19-7-24-13/h2-7,23H,1H3,(H,20,21,22). The smallest absolute Gasteiger partial charge is 0.256 e. The predicted octanol–water partition coefficient (Wildman–Crippen LogP) is 5.37. The SMILES string of the molecule is CC(=Nc1ccc2scnc2c1S)NC(=O)c1cc(Cl)cc(Cl)c1. The third-order valence-electron chi connectivity index (χ3n) is 3.16. The van der Waals surface area contributed by atoms with Crippen molar-refractivity contribution < 1.29 is 4.79 Å². The molecular weight excluding hydrogens is 385 g/mol. The molecule has 0 saturated heterocycles. The number of benzene rings is 2. The quantitative estimate of drug-likeness (QED) is 0.348. The number of fused-ring (bicyclic) bond motifs is 1. The van der Waals surface area contributed by atoms with Gasteiger partial charge in [-0.25, -0.2) is 9.98 Å². The van der Waals surface area contributed by atoms with Gasteiger partial charge in [0.2, 0.25) is 0 Å². The molecule has 8 heteroatoms. The van der Waals surface area contributed by atoms with Crippen LogP contribution in [0, 0.1) is 0 Å². The van der Waals surface area contributed by atoms with Crippen LogP contribution in [0.5, 0.6) is 0 Å². The lowest BCUT2D eigenvalue weighted by molar-refractivity contribution is 0.0977. The summed E-state index contributed by atoms with van der Waals surface area (Å²) in [7, 11) is 0. The van der Waals surface area contributed by atoms with Gasteiger partial charge in [-0.1, -0.05) is 23.2 Å². The van der Waals surface area contributed by atoms with Crippen LogP contribution in [0.25, 0.3) is 10.2 Å². The largest absolute Gasteiger partial charge is 0.310 e. The number of nitrogens with one attached hydrogen (secondary N) is 1. The molecule has 0 spiro atoms. The molecule has 3 rings (SSSR count). The predicted molar refractivity (Wildman–Crippen MR) is 104 cm³/mol. The van der Waals surface area contributed by atoms with Crippen LogP contribution in [0.3, 0.4) is 0 Å². The number of hydrogen-bond acceptors (Lipinski definition) is 5. The van der Waals surface area contributed by atoms with Gasteiger partial charge >= 0.3 is 0 Å². The zero-order valence-corrected chi connectivity index (χ0v) is 15.6. The molecule has 0 bridgehead atoms. The van der Waals surface area contributed by atoms with E-state index in [4.69, 9.17) is 23.2 Å². The molecule has 1 aromatic heterocycles. The second-order valence-electron chi connectivity index (χ2n) is 4.94. The summed E-state index contributed by atoms with van der Waals surface area (Å²) in [6.45, 7) is 1.70. The first-order valence-corrected chi connectivity index (χ1v) is 8.90. The van der Waals surface area contributed by atoms with Crippen LogP contribution in [0.4, 0.5) is 5.69 Å². The monoisotopic (exact) mass is 395 g/mol. The summed E-state index contributed by atoms with van der Waals surface area (Å²) in [4.78, 5) is 21.6. The molecule has 0 atom stereocenters. The fourth-order valence-electron chi connectivity index (χ4n) is 2.13. The molecule has 1 heterocycles. The maximum Gasteiger partial charge on any atom is 0.256 e. The lowest BCUT2D eigenvalue weighted by Crippen LogP contribution is -2.28. The number of nitrogens with zero attached hydrogens (tertiary/aromatic N) is 2. The van der Waals surface area contributed by atoms with E-state index in [9.17, 15) is 4.79 Å². The lowest BCUT2D eigenvalue weighted by atomic mass is 10.2. The molecule has 0 aliphatic heterocycles. The average molecular weight is 396 g/mol. The van der Waals surface area contributed by atoms with Crippen LogP contribution < -0.4 is 5.32 Å². The Balaban J connectivity index is 1.84. The van der Waals surface area contributed by atoms with E-state index >= 15 is 0 Å². The van der Waals surface area contributed by atoms with Gasteiger partial charge in [-0.05, 0) is 37.3 Å². The summed E-state index contributed by atoms with van der Waals surface area (Å²) in [5.41, 5.74) is 3.56. The Hall–Kier alpha value is -1.60. The van der Waals surface area contributed by atoms with Gasteiger partial charge in [-0.2, -0.15) is 0 Å². The summed E-state index contributed by atoms with van der Waals surface area (Å²) >= 11 is 17.8. The summed E-state index contributed by atoms with van der Waals surface area (Å²) in [5.74, 6) is 0.0945. The van der Waals surface area contributed by atoms with E-state index in [0.717, 1.165) is 10.2 Å². The number of aliphatic imine (C=N–C) groups is 1. The summed E-state index contributed by atoms with van der Waals surface area (Å²) in [5, 5.41) is 3.50. The Morgan fingerprint density at radius 1 is 1.25 bits per heavy atom. The van der Waals surface area contributed by atoms with E-state index in [1.54, 1.807) is 30.6 Å². The maximum atomic E-state index is 12.3. The van der Waals surface area contributed by atoms with Crippen LogP contribution in [0.15, 0.2) is 45.7 Å². The van der Waals surface area contributed by atoms with Crippen molar-refractivity contribution in [1.29, 1.82) is 0 Å². The Kier molecular flexibility index (Phi) is 5.10. The normalized spacial score (nSPS) is 11.8. The molecule has 0 fully saturated rings. The van der Waals surface area contributed by atoms with Gasteiger partial charge in [0.25, 0.3) is 5.91 Å². The molecule has 4 nitrogen and oxygen atoms in total. The number of amides is 1. The highest BCUT2D eigenvalue weighted by Gasteiger charge is 2.10. The van der Waals surface area contributed by atoms with Crippen molar-refractivity contribution in [1.82, 2.24) is 10.3 Å². The van der Waals surface area contributed by atoms with Gasteiger partial charge in [-0.15, -0.1) is 24.0 Å². The molecule has 122 valence electrons. The number of thiazole rings is 1. The molecule has 0 unspecified atom stereocenters. The molecule has 0 aliphatic rings. The number of amidine groups is 1. The minimum absolute atomic E-state index is 0.337. The van der Waals surface area contributed by atoms with E-state index < -0.39 is 0 Å². The second-order valence-corrected chi connectivity index (χ2v) is 7.15. The van der Waals surface area contributed by atoms with E-state index in [1.165, 1.54) is 11.3 Å². The van der Waals surface area contributed by atoms with Crippen LogP contribution >= 0.6 is 47.2 Å². The molecule has 2 aromatic carbocycles. The molecule has 1 N–H and O–H groups in total. The van der Waals surface area contributed by atoms with Gasteiger partial charge in [0.15, 0.2) is 0 Å². The molecule has 0 radical (unpaired) electrons. The average Bonchev–Trinajstić information content (AvgIpc) is 2.98. The molecule has 24 heavy (non-hydrogen) atoms. The second kappa shape index (κ2) is 7.11. The molecular formula is C16H11Cl2N3OS2. The Labute approximate surface area is 157 Å². The molecule has 3 aromatic rings. The van der Waals surface area contributed by atoms with Gasteiger partial charge in [0, 0.05) is 15.6 Å². The fraction of sp³-hybridized carbons (Fsp3) is 0.0625. The minimum atomic E-state index is -0.337. The minimum Gasteiger partial charge on any atom is -0.310 e. The van der Waals surface area contributed by atoms with Crippen molar-refractivity contribution in [2.45, 2.75) is 11.8 Å².